The predicted molar refractivity (Wildman–Crippen MR) is 117 cm³/mol. The molecule has 0 saturated heterocycles. The fourth-order valence-electron chi connectivity index (χ4n) is 2.83. The van der Waals surface area contributed by atoms with E-state index in [1.54, 1.807) is 13.8 Å². The molecule has 4 nitrogen and oxygen atoms in total. The van der Waals surface area contributed by atoms with Gasteiger partial charge in [-0.05, 0) is 55.2 Å². The smallest absolute Gasteiger partial charge is 0.270 e. The Morgan fingerprint density at radius 1 is 1.32 bits per heavy atom. The average molecular weight is 458 g/mol. The van der Waals surface area contributed by atoms with Crippen molar-refractivity contribution in [3.05, 3.63) is 65.0 Å². The van der Waals surface area contributed by atoms with Gasteiger partial charge in [-0.15, -0.1) is 0 Å². The van der Waals surface area contributed by atoms with Crippen molar-refractivity contribution in [1.82, 2.24) is 0 Å². The minimum Gasteiger partial charge on any atom is -0.390 e. The van der Waals surface area contributed by atoms with Gasteiger partial charge in [0.2, 0.25) is 0 Å². The minimum absolute atomic E-state index is 0.0968. The number of hydrogen-bond acceptors (Lipinski definition) is 3. The number of allylic oxidation sites excluding steroid dienone is 3. The van der Waals surface area contributed by atoms with Gasteiger partial charge in [0.05, 0.1) is 5.02 Å². The summed E-state index contributed by atoms with van der Waals surface area (Å²) in [6, 6.07) is 3.77. The monoisotopic (exact) mass is 457 g/mol. The molecule has 170 valence electrons. The third-order valence-electron chi connectivity index (χ3n) is 4.45. The van der Waals surface area contributed by atoms with E-state index in [1.165, 1.54) is 30.4 Å². The molecule has 1 atom stereocenters. The van der Waals surface area contributed by atoms with Crippen LogP contribution in [0.25, 0.3) is 0 Å². The first-order valence-electron chi connectivity index (χ1n) is 9.77. The standard InChI is InChI=1S/C23H27ClF3NO3/c1-4-17(22(31)28-18-7-8-21(25)20(24)13-18)10-16(3)12-19(30)11-15(2)6-5-9-23(26,27)14-29/h4,7-8,10,12-13,15,29H,1,5-6,9,11,14H2,2-3H3,(H,28,31)/b16-12+,17-10+. The largest absolute Gasteiger partial charge is 0.390 e. The normalized spacial score (nSPS) is 13.6. The highest BCUT2D eigenvalue weighted by molar-refractivity contribution is 6.31. The molecule has 0 aromatic heterocycles. The van der Waals surface area contributed by atoms with Gasteiger partial charge in [0.1, 0.15) is 12.4 Å². The number of hydrogen-bond donors (Lipinski definition) is 2. The maximum Gasteiger partial charge on any atom is 0.270 e. The first-order chi connectivity index (χ1) is 14.5. The van der Waals surface area contributed by atoms with Crippen molar-refractivity contribution in [3.8, 4) is 0 Å². The van der Waals surface area contributed by atoms with Gasteiger partial charge in [-0.25, -0.2) is 13.2 Å². The van der Waals surface area contributed by atoms with Crippen LogP contribution < -0.4 is 5.32 Å². The third kappa shape index (κ3) is 9.98. The quantitative estimate of drug-likeness (QED) is 0.305. The van der Waals surface area contributed by atoms with Gasteiger partial charge >= 0.3 is 0 Å². The number of benzene rings is 1. The zero-order valence-electron chi connectivity index (χ0n) is 17.6. The second kappa shape index (κ2) is 12.5. The lowest BCUT2D eigenvalue weighted by atomic mass is 9.96. The van der Waals surface area contributed by atoms with Gasteiger partial charge in [-0.1, -0.05) is 37.6 Å². The summed E-state index contributed by atoms with van der Waals surface area (Å²) in [4.78, 5) is 24.6. The van der Waals surface area contributed by atoms with Crippen LogP contribution in [0.3, 0.4) is 0 Å². The summed E-state index contributed by atoms with van der Waals surface area (Å²) in [6.07, 6.45) is 4.59. The minimum atomic E-state index is -3.09. The maximum atomic E-state index is 13.2. The highest BCUT2D eigenvalue weighted by Gasteiger charge is 2.27. The summed E-state index contributed by atoms with van der Waals surface area (Å²) in [5.41, 5.74) is 1.02. The molecule has 8 heteroatoms. The molecule has 0 saturated carbocycles. The molecule has 1 aromatic rings. The number of anilines is 1. The second-order valence-corrected chi connectivity index (χ2v) is 7.86. The number of aliphatic hydroxyl groups is 1. The summed E-state index contributed by atoms with van der Waals surface area (Å²) in [7, 11) is 0. The number of halogens is 4. The van der Waals surface area contributed by atoms with Crippen LogP contribution in [0.2, 0.25) is 5.02 Å². The maximum absolute atomic E-state index is 13.2. The van der Waals surface area contributed by atoms with E-state index in [4.69, 9.17) is 16.7 Å². The highest BCUT2D eigenvalue weighted by Crippen LogP contribution is 2.23. The van der Waals surface area contributed by atoms with Crippen molar-refractivity contribution < 1.29 is 27.9 Å². The van der Waals surface area contributed by atoms with Crippen molar-refractivity contribution in [2.45, 2.75) is 45.5 Å². The Kier molecular flexibility index (Phi) is 10.7. The highest BCUT2D eigenvalue weighted by atomic mass is 35.5. The predicted octanol–water partition coefficient (Wildman–Crippen LogP) is 5.87. The van der Waals surface area contributed by atoms with Crippen LogP contribution in [0.1, 0.15) is 39.5 Å². The molecule has 0 bridgehead atoms. The molecule has 0 aliphatic heterocycles. The number of carbonyl (C=O) groups is 2. The van der Waals surface area contributed by atoms with E-state index in [9.17, 15) is 22.8 Å². The van der Waals surface area contributed by atoms with Crippen LogP contribution in [0.5, 0.6) is 0 Å². The summed E-state index contributed by atoms with van der Waals surface area (Å²) >= 11 is 5.70. The average Bonchev–Trinajstić information content (AvgIpc) is 2.68. The number of aliphatic hydroxyl groups excluding tert-OH is 1. The molecule has 0 fully saturated rings. The van der Waals surface area contributed by atoms with Gasteiger partial charge < -0.3 is 10.4 Å². The summed E-state index contributed by atoms with van der Waals surface area (Å²) < 4.78 is 39.3. The van der Waals surface area contributed by atoms with E-state index < -0.39 is 30.7 Å². The van der Waals surface area contributed by atoms with E-state index in [0.29, 0.717) is 17.7 Å². The fraction of sp³-hybridized carbons (Fsp3) is 0.391. The van der Waals surface area contributed by atoms with Crippen LogP contribution in [0, 0.1) is 11.7 Å². The topological polar surface area (TPSA) is 66.4 Å². The molecule has 2 N–H and O–H groups in total. The molecular weight excluding hydrogens is 431 g/mol. The van der Waals surface area contributed by atoms with E-state index in [1.807, 2.05) is 0 Å². The van der Waals surface area contributed by atoms with E-state index in [-0.39, 0.29) is 35.1 Å². The molecule has 0 aliphatic rings. The fourth-order valence-corrected chi connectivity index (χ4v) is 3.01. The van der Waals surface area contributed by atoms with Crippen LogP contribution >= 0.6 is 11.6 Å². The number of rotatable bonds is 12. The van der Waals surface area contributed by atoms with Gasteiger partial charge in [0, 0.05) is 24.1 Å². The van der Waals surface area contributed by atoms with Gasteiger partial charge in [-0.3, -0.25) is 9.59 Å². The van der Waals surface area contributed by atoms with Crippen LogP contribution in [-0.4, -0.2) is 29.3 Å². The van der Waals surface area contributed by atoms with Crippen LogP contribution in [0.4, 0.5) is 18.9 Å². The Morgan fingerprint density at radius 2 is 2.00 bits per heavy atom. The van der Waals surface area contributed by atoms with Crippen molar-refractivity contribution in [2.24, 2.45) is 5.92 Å². The van der Waals surface area contributed by atoms with Crippen LogP contribution in [-0.2, 0) is 9.59 Å². The molecule has 1 aromatic carbocycles. The third-order valence-corrected chi connectivity index (χ3v) is 4.74. The van der Waals surface area contributed by atoms with Gasteiger partial charge in [0.15, 0.2) is 5.78 Å². The van der Waals surface area contributed by atoms with Crippen molar-refractivity contribution in [1.29, 1.82) is 0 Å². The molecule has 0 heterocycles. The van der Waals surface area contributed by atoms with Crippen molar-refractivity contribution in [3.63, 3.8) is 0 Å². The molecule has 0 radical (unpaired) electrons. The molecule has 0 spiro atoms. The molecule has 1 unspecified atom stereocenters. The molecular formula is C23H27ClF3NO3. The number of alkyl halides is 2. The number of ketones is 1. The molecule has 31 heavy (non-hydrogen) atoms. The van der Waals surface area contributed by atoms with E-state index in [0.717, 1.165) is 6.07 Å². The van der Waals surface area contributed by atoms with E-state index >= 15 is 0 Å². The zero-order chi connectivity index (χ0) is 23.6. The first kappa shape index (κ1) is 26.7. The lowest BCUT2D eigenvalue weighted by molar-refractivity contribution is -0.115. The summed E-state index contributed by atoms with van der Waals surface area (Å²) in [5.74, 6) is -4.49. The first-order valence-corrected chi connectivity index (χ1v) is 10.2. The number of nitrogens with one attached hydrogen (secondary N) is 1. The Hall–Kier alpha value is -2.38. The Balaban J connectivity index is 2.67. The second-order valence-electron chi connectivity index (χ2n) is 7.46. The Bertz CT molecular complexity index is 866. The number of carbonyl (C=O) groups excluding carboxylic acids is 2. The Morgan fingerprint density at radius 3 is 2.58 bits per heavy atom. The van der Waals surface area contributed by atoms with Gasteiger partial charge in [0.25, 0.3) is 11.8 Å². The van der Waals surface area contributed by atoms with Gasteiger partial charge in [-0.2, -0.15) is 0 Å². The summed E-state index contributed by atoms with van der Waals surface area (Å²) in [5, 5.41) is 11.0. The lowest BCUT2D eigenvalue weighted by Gasteiger charge is -2.14. The Labute approximate surface area is 185 Å². The zero-order valence-corrected chi connectivity index (χ0v) is 18.3. The van der Waals surface area contributed by atoms with Crippen molar-refractivity contribution >= 4 is 29.0 Å². The van der Waals surface area contributed by atoms with E-state index in [2.05, 4.69) is 11.9 Å². The molecule has 0 aliphatic carbocycles. The lowest BCUT2D eigenvalue weighted by Crippen LogP contribution is -2.21. The van der Waals surface area contributed by atoms with Crippen LogP contribution in [0.15, 0.2) is 54.2 Å². The summed E-state index contributed by atoms with van der Waals surface area (Å²) in [6.45, 7) is 5.86. The SMILES string of the molecule is C=C/C(=C\C(C)=C\C(=O)CC(C)CCCC(F)(F)CO)C(=O)Nc1ccc(F)c(Cl)c1. The molecule has 1 amide bonds. The number of amides is 1. The molecule has 1 rings (SSSR count). The van der Waals surface area contributed by atoms with Crippen molar-refractivity contribution in [2.75, 3.05) is 11.9 Å².